The van der Waals surface area contributed by atoms with Gasteiger partial charge in [0.2, 0.25) is 0 Å². The van der Waals surface area contributed by atoms with E-state index in [1.165, 1.54) is 12.6 Å². The highest BCUT2D eigenvalue weighted by Crippen LogP contribution is 2.33. The third-order valence-electron chi connectivity index (χ3n) is 6.46. The first-order valence-corrected chi connectivity index (χ1v) is 14.0. The maximum atomic E-state index is 13.4. The molecule has 1 aromatic rings. The number of ether oxygens (including phenoxy) is 1. The summed E-state index contributed by atoms with van der Waals surface area (Å²) in [4.78, 5) is 30.5. The number of amides is 2. The van der Waals surface area contributed by atoms with Crippen LogP contribution in [-0.2, 0) is 20.8 Å². The summed E-state index contributed by atoms with van der Waals surface area (Å²) in [6.07, 6.45) is 11.4. The Morgan fingerprint density at radius 1 is 1.21 bits per heavy atom. The Balaban J connectivity index is 1.67. The minimum atomic E-state index is -2.64. The monoisotopic (exact) mass is 515 g/mol. The van der Waals surface area contributed by atoms with Crippen molar-refractivity contribution in [3.63, 3.8) is 0 Å². The van der Waals surface area contributed by atoms with E-state index in [9.17, 15) is 18.4 Å². The Labute approximate surface area is 207 Å². The lowest BCUT2D eigenvalue weighted by atomic mass is 9.88. The average molecular weight is 516 g/mol. The van der Waals surface area contributed by atoms with Gasteiger partial charge in [0, 0.05) is 36.5 Å². The van der Waals surface area contributed by atoms with E-state index in [-0.39, 0.29) is 42.2 Å². The molecule has 0 spiro atoms. The summed E-state index contributed by atoms with van der Waals surface area (Å²) in [6, 6.07) is 0.129. The molecule has 0 radical (unpaired) electrons. The molecule has 0 bridgehead atoms. The molecule has 2 fully saturated rings. The zero-order valence-corrected chi connectivity index (χ0v) is 21.3. The van der Waals surface area contributed by atoms with Crippen LogP contribution in [-0.4, -0.2) is 67.1 Å². The number of rotatable bonds is 11. The number of aromatic nitrogens is 1. The molecule has 3 rings (SSSR count). The quantitative estimate of drug-likeness (QED) is 0.423. The van der Waals surface area contributed by atoms with Crippen molar-refractivity contribution in [1.29, 1.82) is 0 Å². The van der Waals surface area contributed by atoms with E-state index in [2.05, 4.69) is 17.2 Å². The molecule has 2 aliphatic rings. The van der Waals surface area contributed by atoms with Crippen molar-refractivity contribution in [2.24, 2.45) is 0 Å². The highest BCUT2D eigenvalue weighted by Gasteiger charge is 2.35. The summed E-state index contributed by atoms with van der Waals surface area (Å²) in [5.41, 5.74) is 0. The number of carbonyl (C=O) groups excluding carboxylic acids is 1. The highest BCUT2D eigenvalue weighted by atomic mass is 32.2. The lowest BCUT2D eigenvalue weighted by Gasteiger charge is -2.42. The Bertz CT molecular complexity index is 824. The minimum Gasteiger partial charge on any atom is -0.755 e. The second kappa shape index (κ2) is 13.4. The van der Waals surface area contributed by atoms with Crippen molar-refractivity contribution in [3.05, 3.63) is 6.20 Å². The molecule has 1 aromatic heterocycles. The number of carboxylic acid groups (broad SMARTS) is 1. The van der Waals surface area contributed by atoms with Crippen LogP contribution in [0.2, 0.25) is 0 Å². The van der Waals surface area contributed by atoms with E-state index in [1.54, 1.807) is 0 Å². The number of thiazole rings is 1. The molecule has 12 heteroatoms. The predicted molar refractivity (Wildman–Crippen MR) is 131 cm³/mol. The van der Waals surface area contributed by atoms with Gasteiger partial charge in [-0.1, -0.05) is 37.5 Å². The number of anilines is 2. The first kappa shape index (κ1) is 26.8. The van der Waals surface area contributed by atoms with Crippen molar-refractivity contribution in [2.75, 3.05) is 22.8 Å². The fraction of sp³-hybridized carbons (Fsp3) is 0.773. The third kappa shape index (κ3) is 7.62. The van der Waals surface area contributed by atoms with Crippen LogP contribution in [0.5, 0.6) is 0 Å². The summed E-state index contributed by atoms with van der Waals surface area (Å²) in [7, 11) is 0. The molecule has 34 heavy (non-hydrogen) atoms. The summed E-state index contributed by atoms with van der Waals surface area (Å²) in [5, 5.41) is 12.3. The molecule has 2 amide bonds. The zero-order chi connectivity index (χ0) is 24.5. The number of hydrogen-bond acceptors (Lipinski definition) is 7. The Morgan fingerprint density at radius 2 is 1.88 bits per heavy atom. The van der Waals surface area contributed by atoms with Crippen LogP contribution in [0.1, 0.15) is 77.6 Å². The molecule has 0 aliphatic heterocycles. The smallest absolute Gasteiger partial charge is 0.324 e. The van der Waals surface area contributed by atoms with Gasteiger partial charge in [0.05, 0.1) is 18.7 Å². The maximum Gasteiger partial charge on any atom is 0.324 e. The van der Waals surface area contributed by atoms with Gasteiger partial charge < -0.3 is 19.3 Å². The van der Waals surface area contributed by atoms with E-state index in [1.807, 2.05) is 4.90 Å². The molecule has 2 aliphatic carbocycles. The Morgan fingerprint density at radius 3 is 2.50 bits per heavy atom. The molecule has 2 N–H and O–H groups in total. The largest absolute Gasteiger partial charge is 0.755 e. The molecule has 2 saturated carbocycles. The van der Waals surface area contributed by atoms with Gasteiger partial charge in [-0.15, -0.1) is 0 Å². The Kier molecular flexibility index (Phi) is 10.5. The number of hydrogen-bond donors (Lipinski definition) is 2. The molecule has 10 nitrogen and oxygen atoms in total. The minimum absolute atomic E-state index is 0.144. The molecule has 1 unspecified atom stereocenters. The van der Waals surface area contributed by atoms with Crippen LogP contribution in [0.3, 0.4) is 0 Å². The number of aliphatic carboxylic acids is 1. The number of urea groups is 1. The zero-order valence-electron chi connectivity index (χ0n) is 19.6. The van der Waals surface area contributed by atoms with E-state index in [4.69, 9.17) is 9.84 Å². The fourth-order valence-corrected chi connectivity index (χ4v) is 6.28. The van der Waals surface area contributed by atoms with Crippen LogP contribution >= 0.6 is 11.3 Å². The van der Waals surface area contributed by atoms with Gasteiger partial charge in [0.15, 0.2) is 5.13 Å². The third-order valence-corrected chi connectivity index (χ3v) is 8.25. The van der Waals surface area contributed by atoms with E-state index >= 15 is 0 Å². The molecule has 1 atom stereocenters. The van der Waals surface area contributed by atoms with Crippen molar-refractivity contribution in [3.8, 4) is 0 Å². The molecular formula is C22H35N4O6S2-. The molecule has 0 saturated heterocycles. The van der Waals surface area contributed by atoms with Crippen LogP contribution in [0, 0.1) is 0 Å². The summed E-state index contributed by atoms with van der Waals surface area (Å²) in [5.74, 6) is -1.09. The van der Waals surface area contributed by atoms with Gasteiger partial charge in [0.1, 0.15) is 5.00 Å². The van der Waals surface area contributed by atoms with Crippen LogP contribution in [0.4, 0.5) is 14.9 Å². The normalized spacial score (nSPS) is 22.2. The Hall–Kier alpha value is -1.76. The van der Waals surface area contributed by atoms with Crippen molar-refractivity contribution >= 4 is 44.7 Å². The van der Waals surface area contributed by atoms with Gasteiger partial charge in [-0.3, -0.25) is 18.6 Å². The lowest BCUT2D eigenvalue weighted by molar-refractivity contribution is -0.136. The van der Waals surface area contributed by atoms with Crippen LogP contribution in [0.25, 0.3) is 0 Å². The predicted octanol–water partition coefficient (Wildman–Crippen LogP) is 4.12. The highest BCUT2D eigenvalue weighted by molar-refractivity contribution is 7.81. The molecular weight excluding hydrogens is 480 g/mol. The van der Waals surface area contributed by atoms with Crippen molar-refractivity contribution in [2.45, 2.75) is 95.7 Å². The fourth-order valence-electron chi connectivity index (χ4n) is 4.81. The topological polar surface area (TPSA) is 135 Å². The van der Waals surface area contributed by atoms with Gasteiger partial charge in [-0.2, -0.15) is 0 Å². The lowest BCUT2D eigenvalue weighted by Crippen LogP contribution is -2.51. The van der Waals surface area contributed by atoms with E-state index in [0.29, 0.717) is 5.13 Å². The molecule has 1 heterocycles. The summed E-state index contributed by atoms with van der Waals surface area (Å²) in [6.45, 7) is 2.68. The number of nitrogens with one attached hydrogen (secondary N) is 1. The first-order chi connectivity index (χ1) is 16.4. The van der Waals surface area contributed by atoms with Gasteiger partial charge in [-0.05, 0) is 44.9 Å². The first-order valence-electron chi connectivity index (χ1n) is 12.1. The average Bonchev–Trinajstić information content (AvgIpc) is 3.27. The van der Waals surface area contributed by atoms with Crippen LogP contribution in [0.15, 0.2) is 6.20 Å². The van der Waals surface area contributed by atoms with Gasteiger partial charge in [-0.25, -0.2) is 9.78 Å². The molecule has 0 aromatic carbocycles. The number of nitrogens with zero attached hydrogens (tertiary/aromatic N) is 3. The SMILES string of the molecule is CCCOC1CCC(N(C(=O)Nc2ncc(N(CCC(=O)O)S(=O)[O-])s2)C2CCCCC2)CC1. The van der Waals surface area contributed by atoms with E-state index in [0.717, 1.165) is 80.0 Å². The summed E-state index contributed by atoms with van der Waals surface area (Å²) >= 11 is -1.62. The summed E-state index contributed by atoms with van der Waals surface area (Å²) < 4.78 is 30.0. The number of carbonyl (C=O) groups is 2. The van der Waals surface area contributed by atoms with Gasteiger partial charge >= 0.3 is 12.0 Å². The molecule has 192 valence electrons. The number of carboxylic acids is 1. The van der Waals surface area contributed by atoms with Gasteiger partial charge in [0.25, 0.3) is 0 Å². The van der Waals surface area contributed by atoms with Crippen molar-refractivity contribution < 1.29 is 28.2 Å². The maximum absolute atomic E-state index is 13.4. The van der Waals surface area contributed by atoms with E-state index < -0.39 is 17.2 Å². The van der Waals surface area contributed by atoms with Crippen molar-refractivity contribution in [1.82, 2.24) is 9.88 Å². The van der Waals surface area contributed by atoms with Crippen LogP contribution < -0.4 is 9.62 Å². The second-order valence-electron chi connectivity index (χ2n) is 8.90. The standard InChI is InChI=1S/C22H36N4O6S2/c1-2-14-32-18-10-8-17(9-11-18)26(16-6-4-3-5-7-16)22(29)24-21-23-15-19(33-21)25(34(30)31)13-12-20(27)28/h15-18H,2-14H2,1H3,(H,27,28)(H,30,31)(H,23,24,29)/p-1. The second-order valence-corrected chi connectivity index (χ2v) is 10.8.